The highest BCUT2D eigenvalue weighted by molar-refractivity contribution is 9.10. The number of nitrogens with zero attached hydrogens (tertiary/aromatic N) is 2. The van der Waals surface area contributed by atoms with Gasteiger partial charge in [-0.1, -0.05) is 33.2 Å². The van der Waals surface area contributed by atoms with Crippen LogP contribution in [0.5, 0.6) is 0 Å². The third-order valence-electron chi connectivity index (χ3n) is 3.57. The molecule has 0 radical (unpaired) electrons. The highest BCUT2D eigenvalue weighted by Gasteiger charge is 2.25. The van der Waals surface area contributed by atoms with Gasteiger partial charge in [0, 0.05) is 16.0 Å². The van der Waals surface area contributed by atoms with Gasteiger partial charge in [-0.2, -0.15) is 4.98 Å². The molecule has 2 aromatic rings. The lowest BCUT2D eigenvalue weighted by atomic mass is 9.87. The molecule has 1 aliphatic rings. The monoisotopic (exact) mass is 322 g/mol. The molecule has 4 nitrogen and oxygen atoms in total. The van der Waals surface area contributed by atoms with Gasteiger partial charge < -0.3 is 9.63 Å². The molecule has 3 rings (SSSR count). The number of aliphatic hydroxyl groups excluding tert-OH is 1. The topological polar surface area (TPSA) is 59.2 Å². The fraction of sp³-hybridized carbons (Fsp3) is 0.429. The van der Waals surface area contributed by atoms with Gasteiger partial charge in [-0.15, -0.1) is 0 Å². The zero-order chi connectivity index (χ0) is 13.2. The summed E-state index contributed by atoms with van der Waals surface area (Å²) in [7, 11) is 0. The van der Waals surface area contributed by atoms with E-state index in [1.54, 1.807) is 0 Å². The average molecular weight is 323 g/mol. The van der Waals surface area contributed by atoms with Crippen LogP contribution in [0.15, 0.2) is 33.3 Å². The van der Waals surface area contributed by atoms with Gasteiger partial charge in [-0.25, -0.2) is 0 Å². The fourth-order valence-electron chi connectivity index (χ4n) is 2.47. The second kappa shape index (κ2) is 5.43. The number of benzene rings is 1. The summed E-state index contributed by atoms with van der Waals surface area (Å²) in [5.74, 6) is 1.61. The lowest BCUT2D eigenvalue weighted by molar-refractivity contribution is 0.116. The van der Waals surface area contributed by atoms with Crippen molar-refractivity contribution in [3.63, 3.8) is 0 Å². The smallest absolute Gasteiger partial charge is 0.230 e. The quantitative estimate of drug-likeness (QED) is 0.919. The Morgan fingerprint density at radius 2 is 2.00 bits per heavy atom. The number of hydrogen-bond donors (Lipinski definition) is 1. The van der Waals surface area contributed by atoms with Crippen molar-refractivity contribution in [3.8, 4) is 11.4 Å². The molecule has 1 heterocycles. The third kappa shape index (κ3) is 2.87. The van der Waals surface area contributed by atoms with E-state index in [0.717, 1.165) is 35.7 Å². The first kappa shape index (κ1) is 12.8. The third-order valence-corrected chi connectivity index (χ3v) is 4.06. The summed E-state index contributed by atoms with van der Waals surface area (Å²) in [5.41, 5.74) is 0.945. The zero-order valence-electron chi connectivity index (χ0n) is 10.4. The van der Waals surface area contributed by atoms with E-state index in [-0.39, 0.29) is 12.0 Å². The molecule has 19 heavy (non-hydrogen) atoms. The van der Waals surface area contributed by atoms with Crippen LogP contribution in [0.2, 0.25) is 0 Å². The summed E-state index contributed by atoms with van der Waals surface area (Å²) in [6.07, 6.45) is 3.31. The molecular weight excluding hydrogens is 308 g/mol. The molecule has 0 aliphatic heterocycles. The Morgan fingerprint density at radius 1 is 1.21 bits per heavy atom. The van der Waals surface area contributed by atoms with Crippen molar-refractivity contribution in [1.82, 2.24) is 10.1 Å². The Bertz CT molecular complexity index is 562. The van der Waals surface area contributed by atoms with E-state index in [0.29, 0.717) is 11.7 Å². The van der Waals surface area contributed by atoms with Crippen molar-refractivity contribution in [3.05, 3.63) is 34.6 Å². The van der Waals surface area contributed by atoms with Crippen molar-refractivity contribution in [1.29, 1.82) is 0 Å². The largest absolute Gasteiger partial charge is 0.393 e. The minimum atomic E-state index is -0.163. The van der Waals surface area contributed by atoms with Gasteiger partial charge in [0.1, 0.15) is 0 Å². The molecule has 100 valence electrons. The van der Waals surface area contributed by atoms with Gasteiger partial charge in [-0.3, -0.25) is 0 Å². The molecule has 5 heteroatoms. The molecule has 1 fully saturated rings. The number of aliphatic hydroxyl groups is 1. The van der Waals surface area contributed by atoms with Gasteiger partial charge in [0.15, 0.2) is 0 Å². The Morgan fingerprint density at radius 3 is 2.74 bits per heavy atom. The van der Waals surface area contributed by atoms with E-state index in [1.807, 2.05) is 24.3 Å². The summed E-state index contributed by atoms with van der Waals surface area (Å²) >= 11 is 3.44. The normalized spacial score (nSPS) is 23.5. The van der Waals surface area contributed by atoms with Crippen LogP contribution < -0.4 is 0 Å². The van der Waals surface area contributed by atoms with Crippen molar-refractivity contribution in [2.24, 2.45) is 0 Å². The number of halogens is 1. The minimum absolute atomic E-state index is 0.163. The zero-order valence-corrected chi connectivity index (χ0v) is 12.0. The standard InChI is InChI=1S/C14H15BrN2O2/c15-11-3-1-2-10(8-11)13-16-14(19-17-13)9-4-6-12(18)7-5-9/h1-3,8-9,12,18H,4-7H2. The Kier molecular flexibility index (Phi) is 3.66. The van der Waals surface area contributed by atoms with Gasteiger partial charge >= 0.3 is 0 Å². The fourth-order valence-corrected chi connectivity index (χ4v) is 2.87. The highest BCUT2D eigenvalue weighted by Crippen LogP contribution is 2.33. The molecule has 0 spiro atoms. The Labute approximate surface area is 120 Å². The highest BCUT2D eigenvalue weighted by atomic mass is 79.9. The second-order valence-electron chi connectivity index (χ2n) is 4.97. The van der Waals surface area contributed by atoms with Crippen LogP contribution >= 0.6 is 15.9 Å². The van der Waals surface area contributed by atoms with Crippen molar-refractivity contribution in [2.75, 3.05) is 0 Å². The molecule has 1 aromatic heterocycles. The van der Waals surface area contributed by atoms with E-state index < -0.39 is 0 Å². The van der Waals surface area contributed by atoms with Crippen LogP contribution in [0, 0.1) is 0 Å². The van der Waals surface area contributed by atoms with E-state index in [1.165, 1.54) is 0 Å². The molecule has 0 unspecified atom stereocenters. The van der Waals surface area contributed by atoms with E-state index in [2.05, 4.69) is 26.1 Å². The summed E-state index contributed by atoms with van der Waals surface area (Å²) < 4.78 is 6.37. The van der Waals surface area contributed by atoms with Gasteiger partial charge in [0.05, 0.1) is 6.10 Å². The van der Waals surface area contributed by atoms with E-state index >= 15 is 0 Å². The SMILES string of the molecule is OC1CCC(c2nc(-c3cccc(Br)c3)no2)CC1. The molecule has 0 amide bonds. The van der Waals surface area contributed by atoms with Gasteiger partial charge in [0.25, 0.3) is 0 Å². The van der Waals surface area contributed by atoms with Crippen LogP contribution in [0.4, 0.5) is 0 Å². The van der Waals surface area contributed by atoms with Crippen molar-refractivity contribution >= 4 is 15.9 Å². The van der Waals surface area contributed by atoms with Crippen LogP contribution in [-0.2, 0) is 0 Å². The van der Waals surface area contributed by atoms with Crippen LogP contribution in [0.25, 0.3) is 11.4 Å². The molecule has 1 aromatic carbocycles. The predicted molar refractivity (Wildman–Crippen MR) is 74.6 cm³/mol. The van der Waals surface area contributed by atoms with Crippen molar-refractivity contribution in [2.45, 2.75) is 37.7 Å². The summed E-state index contributed by atoms with van der Waals surface area (Å²) in [6, 6.07) is 7.85. The number of hydrogen-bond acceptors (Lipinski definition) is 4. The molecule has 0 atom stereocenters. The number of aromatic nitrogens is 2. The molecule has 1 aliphatic carbocycles. The minimum Gasteiger partial charge on any atom is -0.393 e. The Balaban J connectivity index is 1.80. The lowest BCUT2D eigenvalue weighted by Crippen LogP contribution is -2.17. The summed E-state index contributed by atoms with van der Waals surface area (Å²) in [4.78, 5) is 4.49. The van der Waals surface area contributed by atoms with E-state index in [9.17, 15) is 5.11 Å². The first-order valence-corrected chi connectivity index (χ1v) is 7.29. The average Bonchev–Trinajstić information content (AvgIpc) is 2.89. The first-order valence-electron chi connectivity index (χ1n) is 6.50. The predicted octanol–water partition coefficient (Wildman–Crippen LogP) is 3.52. The summed E-state index contributed by atoms with van der Waals surface area (Å²) in [6.45, 7) is 0. The molecule has 1 saturated carbocycles. The van der Waals surface area contributed by atoms with Crippen LogP contribution in [-0.4, -0.2) is 21.4 Å². The van der Waals surface area contributed by atoms with Gasteiger partial charge in [0.2, 0.25) is 11.7 Å². The lowest BCUT2D eigenvalue weighted by Gasteiger charge is -2.22. The molecule has 0 bridgehead atoms. The molecule has 0 saturated heterocycles. The van der Waals surface area contributed by atoms with Gasteiger partial charge in [-0.05, 0) is 37.8 Å². The maximum Gasteiger partial charge on any atom is 0.230 e. The Hall–Kier alpha value is -1.20. The van der Waals surface area contributed by atoms with E-state index in [4.69, 9.17) is 4.52 Å². The molecule has 1 N–H and O–H groups in total. The van der Waals surface area contributed by atoms with Crippen LogP contribution in [0.3, 0.4) is 0 Å². The second-order valence-corrected chi connectivity index (χ2v) is 5.89. The first-order chi connectivity index (χ1) is 9.22. The number of rotatable bonds is 2. The maximum atomic E-state index is 9.52. The maximum absolute atomic E-state index is 9.52. The summed E-state index contributed by atoms with van der Waals surface area (Å²) in [5, 5.41) is 13.6. The van der Waals surface area contributed by atoms with Crippen LogP contribution in [0.1, 0.15) is 37.5 Å². The molecular formula is C14H15BrN2O2. The van der Waals surface area contributed by atoms with Crippen molar-refractivity contribution < 1.29 is 9.63 Å².